The Kier molecular flexibility index (Phi) is 6.76. The summed E-state index contributed by atoms with van der Waals surface area (Å²) in [6.07, 6.45) is 1.64. The molecule has 180 valence electrons. The van der Waals surface area contributed by atoms with Gasteiger partial charge >= 0.3 is 0 Å². The van der Waals surface area contributed by atoms with Crippen molar-refractivity contribution in [1.82, 2.24) is 20.1 Å². The van der Waals surface area contributed by atoms with Crippen LogP contribution in [0.3, 0.4) is 0 Å². The van der Waals surface area contributed by atoms with Crippen LogP contribution in [0.15, 0.2) is 70.4 Å². The fraction of sp³-hybridized carbons (Fsp3) is 0.269. The van der Waals surface area contributed by atoms with Crippen LogP contribution in [0.25, 0.3) is 11.4 Å². The first-order valence-electron chi connectivity index (χ1n) is 11.4. The number of carbonyl (C=O) groups excluding carboxylic acids is 1. The van der Waals surface area contributed by atoms with E-state index in [9.17, 15) is 4.79 Å². The Balaban J connectivity index is 1.28. The van der Waals surface area contributed by atoms with Gasteiger partial charge in [0.1, 0.15) is 19.0 Å². The molecular weight excluding hydrogens is 464 g/mol. The average Bonchev–Trinajstić information content (AvgIpc) is 3.53. The van der Waals surface area contributed by atoms with Crippen LogP contribution >= 0.6 is 11.8 Å². The summed E-state index contributed by atoms with van der Waals surface area (Å²) in [5, 5.41) is 12.5. The summed E-state index contributed by atoms with van der Waals surface area (Å²) in [6.45, 7) is 5.53. The molecule has 4 aromatic rings. The molecule has 35 heavy (non-hydrogen) atoms. The Bertz CT molecular complexity index is 1320. The Morgan fingerprint density at radius 3 is 2.74 bits per heavy atom. The van der Waals surface area contributed by atoms with Crippen molar-refractivity contribution in [3.63, 3.8) is 0 Å². The lowest BCUT2D eigenvalue weighted by Crippen LogP contribution is -2.28. The van der Waals surface area contributed by atoms with Gasteiger partial charge < -0.3 is 19.2 Å². The van der Waals surface area contributed by atoms with Crippen LogP contribution in [-0.2, 0) is 11.3 Å². The highest BCUT2D eigenvalue weighted by Gasteiger charge is 2.19. The van der Waals surface area contributed by atoms with Crippen molar-refractivity contribution >= 4 is 17.7 Å². The standard InChI is InChI=1S/C26H26N4O4S/c1-17-5-3-6-20(13-17)25-28-29-26(30(25)15-21-7-4-10-32-21)35-16-24(31)27-18(2)19-8-9-22-23(14-19)34-12-11-33-22/h3-10,13-14,18H,11-12,15-16H2,1-2H3,(H,27,31). The second-order valence-electron chi connectivity index (χ2n) is 8.32. The largest absolute Gasteiger partial charge is 0.486 e. The summed E-state index contributed by atoms with van der Waals surface area (Å²) in [6, 6.07) is 17.4. The molecule has 0 saturated heterocycles. The average molecular weight is 491 g/mol. The highest BCUT2D eigenvalue weighted by atomic mass is 32.2. The number of rotatable bonds is 8. The number of nitrogens with one attached hydrogen (secondary N) is 1. The van der Waals surface area contributed by atoms with E-state index >= 15 is 0 Å². The number of thioether (sulfide) groups is 1. The van der Waals surface area contributed by atoms with Gasteiger partial charge in [0.15, 0.2) is 22.5 Å². The number of fused-ring (bicyclic) bond motifs is 1. The molecule has 3 heterocycles. The molecule has 1 unspecified atom stereocenters. The van der Waals surface area contributed by atoms with Gasteiger partial charge in [0.25, 0.3) is 0 Å². The number of hydrogen-bond acceptors (Lipinski definition) is 7. The van der Waals surface area contributed by atoms with Gasteiger partial charge in [-0.25, -0.2) is 0 Å². The molecule has 1 N–H and O–H groups in total. The third-order valence-electron chi connectivity index (χ3n) is 5.66. The van der Waals surface area contributed by atoms with Crippen LogP contribution in [0.4, 0.5) is 0 Å². The second kappa shape index (κ2) is 10.3. The molecule has 0 fully saturated rings. The smallest absolute Gasteiger partial charge is 0.230 e. The quantitative estimate of drug-likeness (QED) is 0.360. The monoisotopic (exact) mass is 490 g/mol. The van der Waals surface area contributed by atoms with Crippen molar-refractivity contribution in [2.45, 2.75) is 31.6 Å². The highest BCUT2D eigenvalue weighted by molar-refractivity contribution is 7.99. The molecule has 0 spiro atoms. The van der Waals surface area contributed by atoms with E-state index in [1.54, 1.807) is 6.26 Å². The molecule has 2 aromatic heterocycles. The number of hydrogen-bond donors (Lipinski definition) is 1. The lowest BCUT2D eigenvalue weighted by Gasteiger charge is -2.21. The molecule has 2 aromatic carbocycles. The first-order valence-corrected chi connectivity index (χ1v) is 12.4. The molecular formula is C26H26N4O4S. The first kappa shape index (κ1) is 23.0. The SMILES string of the molecule is Cc1cccc(-c2nnc(SCC(=O)NC(C)c3ccc4c(c3)OCCO4)n2Cc2ccco2)c1. The molecule has 0 saturated carbocycles. The normalized spacial score (nSPS) is 13.4. The zero-order chi connectivity index (χ0) is 24.2. The van der Waals surface area contributed by atoms with Gasteiger partial charge in [-0.2, -0.15) is 0 Å². The zero-order valence-corrected chi connectivity index (χ0v) is 20.4. The van der Waals surface area contributed by atoms with Crippen molar-refractivity contribution in [2.75, 3.05) is 19.0 Å². The number of ether oxygens (including phenoxy) is 2. The van der Waals surface area contributed by atoms with Crippen molar-refractivity contribution in [2.24, 2.45) is 0 Å². The molecule has 1 aliphatic rings. The molecule has 1 aliphatic heterocycles. The van der Waals surface area contributed by atoms with Crippen LogP contribution in [0.1, 0.15) is 29.9 Å². The fourth-order valence-electron chi connectivity index (χ4n) is 3.92. The molecule has 1 amide bonds. The van der Waals surface area contributed by atoms with Crippen molar-refractivity contribution in [1.29, 1.82) is 0 Å². The topological polar surface area (TPSA) is 91.4 Å². The summed E-state index contributed by atoms with van der Waals surface area (Å²) in [4.78, 5) is 12.8. The summed E-state index contributed by atoms with van der Waals surface area (Å²) in [5.41, 5.74) is 3.06. The lowest BCUT2D eigenvalue weighted by atomic mass is 10.1. The van der Waals surface area contributed by atoms with Gasteiger partial charge in [0, 0.05) is 5.56 Å². The van der Waals surface area contributed by atoms with E-state index in [0.717, 1.165) is 34.0 Å². The van der Waals surface area contributed by atoms with Gasteiger partial charge in [-0.1, -0.05) is 41.6 Å². The van der Waals surface area contributed by atoms with Crippen LogP contribution < -0.4 is 14.8 Å². The maximum absolute atomic E-state index is 12.8. The van der Waals surface area contributed by atoms with E-state index in [0.29, 0.717) is 30.7 Å². The van der Waals surface area contributed by atoms with Crippen LogP contribution in [0.5, 0.6) is 11.5 Å². The highest BCUT2D eigenvalue weighted by Crippen LogP contribution is 2.32. The molecule has 0 aliphatic carbocycles. The predicted molar refractivity (Wildman–Crippen MR) is 133 cm³/mol. The van der Waals surface area contributed by atoms with Gasteiger partial charge in [-0.05, 0) is 49.7 Å². The zero-order valence-electron chi connectivity index (χ0n) is 19.6. The van der Waals surface area contributed by atoms with Gasteiger partial charge in [-0.15, -0.1) is 10.2 Å². The van der Waals surface area contributed by atoms with E-state index in [4.69, 9.17) is 13.9 Å². The molecule has 1 atom stereocenters. The Morgan fingerprint density at radius 1 is 1.09 bits per heavy atom. The second-order valence-corrected chi connectivity index (χ2v) is 9.26. The number of benzene rings is 2. The van der Waals surface area contributed by atoms with E-state index in [-0.39, 0.29) is 17.7 Å². The molecule has 0 radical (unpaired) electrons. The first-order chi connectivity index (χ1) is 17.1. The van der Waals surface area contributed by atoms with Crippen molar-refractivity contribution in [3.8, 4) is 22.9 Å². The number of aromatic nitrogens is 3. The van der Waals surface area contributed by atoms with Crippen molar-refractivity contribution in [3.05, 3.63) is 77.7 Å². The number of furan rings is 1. The minimum atomic E-state index is -0.178. The molecule has 5 rings (SSSR count). The number of aryl methyl sites for hydroxylation is 1. The number of carbonyl (C=O) groups is 1. The Morgan fingerprint density at radius 2 is 1.94 bits per heavy atom. The van der Waals surface area contributed by atoms with Gasteiger partial charge in [-0.3, -0.25) is 9.36 Å². The molecule has 8 nitrogen and oxygen atoms in total. The molecule has 0 bridgehead atoms. The van der Waals surface area contributed by atoms with E-state index < -0.39 is 0 Å². The maximum atomic E-state index is 12.8. The summed E-state index contributed by atoms with van der Waals surface area (Å²) in [5.74, 6) is 3.07. The van der Waals surface area contributed by atoms with Crippen molar-refractivity contribution < 1.29 is 18.7 Å². The summed E-state index contributed by atoms with van der Waals surface area (Å²) >= 11 is 1.35. The van der Waals surface area contributed by atoms with E-state index in [1.165, 1.54) is 11.8 Å². The third-order valence-corrected chi connectivity index (χ3v) is 6.63. The fourth-order valence-corrected chi connectivity index (χ4v) is 4.67. The minimum absolute atomic E-state index is 0.0953. The van der Waals surface area contributed by atoms with E-state index in [1.807, 2.05) is 66.9 Å². The van der Waals surface area contributed by atoms with Crippen LogP contribution in [0, 0.1) is 6.92 Å². The van der Waals surface area contributed by atoms with Gasteiger partial charge in [0.05, 0.1) is 24.6 Å². The third kappa shape index (κ3) is 5.35. The lowest BCUT2D eigenvalue weighted by molar-refractivity contribution is -0.119. The predicted octanol–water partition coefficient (Wildman–Crippen LogP) is 4.64. The van der Waals surface area contributed by atoms with Crippen LogP contribution in [-0.4, -0.2) is 39.6 Å². The number of nitrogens with zero attached hydrogens (tertiary/aromatic N) is 3. The summed E-state index contributed by atoms with van der Waals surface area (Å²) in [7, 11) is 0. The van der Waals surface area contributed by atoms with E-state index in [2.05, 4.69) is 21.6 Å². The maximum Gasteiger partial charge on any atom is 0.230 e. The summed E-state index contributed by atoms with van der Waals surface area (Å²) < 4.78 is 18.8. The number of amides is 1. The Hall–Kier alpha value is -3.72. The van der Waals surface area contributed by atoms with Gasteiger partial charge in [0.2, 0.25) is 5.91 Å². The Labute approximate surface area is 207 Å². The minimum Gasteiger partial charge on any atom is -0.486 e. The van der Waals surface area contributed by atoms with Crippen LogP contribution in [0.2, 0.25) is 0 Å². The molecule has 9 heteroatoms.